The monoisotopic (exact) mass is 344 g/mol. The Morgan fingerprint density at radius 1 is 1.41 bits per heavy atom. The van der Waals surface area contributed by atoms with Crippen LogP contribution in [0.15, 0.2) is 24.3 Å². The number of carbonyl (C=O) groups excluding carboxylic acids is 1. The SMILES string of the molecule is Cl.Cl.Cn1c(CNC(=O)CC2CCCN2)nc2ccccc21. The summed E-state index contributed by atoms with van der Waals surface area (Å²) in [4.78, 5) is 16.5. The number of para-hydroxylation sites is 2. The molecule has 1 fully saturated rings. The van der Waals surface area contributed by atoms with E-state index in [1.165, 1.54) is 6.42 Å². The average molecular weight is 345 g/mol. The zero-order chi connectivity index (χ0) is 13.9. The fourth-order valence-electron chi connectivity index (χ4n) is 2.76. The molecule has 7 heteroatoms. The van der Waals surface area contributed by atoms with Crippen LogP contribution >= 0.6 is 24.8 Å². The van der Waals surface area contributed by atoms with Crippen molar-refractivity contribution in [3.8, 4) is 0 Å². The Morgan fingerprint density at radius 2 is 2.18 bits per heavy atom. The molecule has 0 spiro atoms. The number of rotatable bonds is 4. The topological polar surface area (TPSA) is 59.0 Å². The van der Waals surface area contributed by atoms with Gasteiger partial charge in [0.2, 0.25) is 5.91 Å². The predicted molar refractivity (Wildman–Crippen MR) is 92.7 cm³/mol. The van der Waals surface area contributed by atoms with Gasteiger partial charge in [-0.15, -0.1) is 24.8 Å². The van der Waals surface area contributed by atoms with E-state index >= 15 is 0 Å². The van der Waals surface area contributed by atoms with Gasteiger partial charge in [0.15, 0.2) is 0 Å². The summed E-state index contributed by atoms with van der Waals surface area (Å²) in [7, 11) is 1.98. The first-order valence-corrected chi connectivity index (χ1v) is 7.14. The Kier molecular flexibility index (Phi) is 7.13. The van der Waals surface area contributed by atoms with Crippen LogP contribution in [0, 0.1) is 0 Å². The van der Waals surface area contributed by atoms with Crippen LogP contribution in [0.1, 0.15) is 25.1 Å². The van der Waals surface area contributed by atoms with Crippen LogP contribution in [0.3, 0.4) is 0 Å². The smallest absolute Gasteiger partial charge is 0.221 e. The number of fused-ring (bicyclic) bond motifs is 1. The normalized spacial score (nSPS) is 16.9. The van der Waals surface area contributed by atoms with Crippen LogP contribution in [0.4, 0.5) is 0 Å². The summed E-state index contributed by atoms with van der Waals surface area (Å²) in [6.45, 7) is 1.51. The van der Waals surface area contributed by atoms with Crippen molar-refractivity contribution in [2.45, 2.75) is 31.8 Å². The molecule has 2 aromatic rings. The lowest BCUT2D eigenvalue weighted by molar-refractivity contribution is -0.121. The molecule has 0 aliphatic carbocycles. The molecule has 1 aliphatic heterocycles. The molecule has 1 aliphatic rings. The first kappa shape index (κ1) is 18.7. The molecule has 1 aromatic heterocycles. The lowest BCUT2D eigenvalue weighted by atomic mass is 10.1. The van der Waals surface area contributed by atoms with Crippen LogP contribution in [-0.2, 0) is 18.4 Å². The highest BCUT2D eigenvalue weighted by Gasteiger charge is 2.17. The summed E-state index contributed by atoms with van der Waals surface area (Å²) < 4.78 is 2.03. The summed E-state index contributed by atoms with van der Waals surface area (Å²) in [5, 5.41) is 6.30. The largest absolute Gasteiger partial charge is 0.349 e. The van der Waals surface area contributed by atoms with Gasteiger partial charge in [-0.3, -0.25) is 4.79 Å². The maximum atomic E-state index is 11.9. The molecule has 2 heterocycles. The summed E-state index contributed by atoms with van der Waals surface area (Å²) in [5.74, 6) is 0.982. The number of nitrogens with one attached hydrogen (secondary N) is 2. The standard InChI is InChI=1S/C15H20N4O.2ClH/c1-19-13-7-3-2-6-12(13)18-14(19)10-17-15(20)9-11-5-4-8-16-11;;/h2-3,6-7,11,16H,4-5,8-10H2,1H3,(H,17,20);2*1H. The number of amides is 1. The minimum atomic E-state index is 0. The van der Waals surface area contributed by atoms with Gasteiger partial charge in [0.05, 0.1) is 17.6 Å². The third-order valence-corrected chi connectivity index (χ3v) is 3.92. The van der Waals surface area contributed by atoms with E-state index in [0.717, 1.165) is 29.8 Å². The maximum Gasteiger partial charge on any atom is 0.221 e. The molecule has 0 bridgehead atoms. The van der Waals surface area contributed by atoms with Gasteiger partial charge in [0.1, 0.15) is 5.82 Å². The Balaban J connectivity index is 0.00000121. The maximum absolute atomic E-state index is 11.9. The number of nitrogens with zero attached hydrogens (tertiary/aromatic N) is 2. The van der Waals surface area contributed by atoms with E-state index < -0.39 is 0 Å². The molecule has 0 radical (unpaired) electrons. The molecule has 122 valence electrons. The van der Waals surface area contributed by atoms with Gasteiger partial charge in [-0.25, -0.2) is 4.98 Å². The Labute approximate surface area is 142 Å². The zero-order valence-corrected chi connectivity index (χ0v) is 14.2. The third kappa shape index (κ3) is 4.12. The number of carbonyl (C=O) groups is 1. The van der Waals surface area contributed by atoms with Gasteiger partial charge < -0.3 is 15.2 Å². The molecule has 1 atom stereocenters. The molecule has 3 rings (SSSR count). The van der Waals surface area contributed by atoms with E-state index in [9.17, 15) is 4.79 Å². The van der Waals surface area contributed by atoms with Gasteiger partial charge in [0.25, 0.3) is 0 Å². The van der Waals surface area contributed by atoms with Crippen molar-refractivity contribution in [2.24, 2.45) is 7.05 Å². The fourth-order valence-corrected chi connectivity index (χ4v) is 2.76. The van der Waals surface area contributed by atoms with E-state index in [2.05, 4.69) is 15.6 Å². The minimum absolute atomic E-state index is 0. The van der Waals surface area contributed by atoms with Crippen LogP contribution in [0.2, 0.25) is 0 Å². The second-order valence-electron chi connectivity index (χ2n) is 5.35. The Bertz CT molecular complexity index is 623. The van der Waals surface area contributed by atoms with Crippen molar-refractivity contribution in [1.29, 1.82) is 0 Å². The van der Waals surface area contributed by atoms with Crippen molar-refractivity contribution < 1.29 is 4.79 Å². The van der Waals surface area contributed by atoms with Crippen molar-refractivity contribution in [1.82, 2.24) is 20.2 Å². The highest BCUT2D eigenvalue weighted by atomic mass is 35.5. The third-order valence-electron chi connectivity index (χ3n) is 3.92. The van der Waals surface area contributed by atoms with E-state index in [-0.39, 0.29) is 30.7 Å². The Hall–Kier alpha value is -1.30. The van der Waals surface area contributed by atoms with Gasteiger partial charge in [-0.1, -0.05) is 12.1 Å². The number of hydrogen-bond donors (Lipinski definition) is 2. The second-order valence-corrected chi connectivity index (χ2v) is 5.35. The number of benzene rings is 1. The summed E-state index contributed by atoms with van der Waals surface area (Å²) >= 11 is 0. The Morgan fingerprint density at radius 3 is 2.86 bits per heavy atom. The lowest BCUT2D eigenvalue weighted by Crippen LogP contribution is -2.32. The van der Waals surface area contributed by atoms with Crippen LogP contribution < -0.4 is 10.6 Å². The number of aromatic nitrogens is 2. The molecule has 1 saturated heterocycles. The second kappa shape index (κ2) is 8.36. The predicted octanol–water partition coefficient (Wildman–Crippen LogP) is 2.18. The van der Waals surface area contributed by atoms with Crippen molar-refractivity contribution in [3.05, 3.63) is 30.1 Å². The molecule has 5 nitrogen and oxygen atoms in total. The van der Waals surface area contributed by atoms with Gasteiger partial charge in [-0.2, -0.15) is 0 Å². The quantitative estimate of drug-likeness (QED) is 0.893. The van der Waals surface area contributed by atoms with E-state index in [0.29, 0.717) is 19.0 Å². The molecular formula is C15H22Cl2N4O. The first-order valence-electron chi connectivity index (χ1n) is 7.14. The molecule has 22 heavy (non-hydrogen) atoms. The van der Waals surface area contributed by atoms with Gasteiger partial charge in [-0.05, 0) is 31.5 Å². The molecule has 1 unspecified atom stereocenters. The van der Waals surface area contributed by atoms with Crippen LogP contribution in [0.5, 0.6) is 0 Å². The van der Waals surface area contributed by atoms with Gasteiger partial charge >= 0.3 is 0 Å². The van der Waals surface area contributed by atoms with Crippen LogP contribution in [-0.4, -0.2) is 28.0 Å². The number of halogens is 2. The van der Waals surface area contributed by atoms with Crippen molar-refractivity contribution in [2.75, 3.05) is 6.54 Å². The summed E-state index contributed by atoms with van der Waals surface area (Å²) in [5.41, 5.74) is 2.06. The van der Waals surface area contributed by atoms with E-state index in [1.807, 2.05) is 35.9 Å². The average Bonchev–Trinajstić information content (AvgIpc) is 3.06. The lowest BCUT2D eigenvalue weighted by Gasteiger charge is -2.10. The van der Waals surface area contributed by atoms with E-state index in [4.69, 9.17) is 0 Å². The highest BCUT2D eigenvalue weighted by molar-refractivity contribution is 5.85. The van der Waals surface area contributed by atoms with Gasteiger partial charge in [0, 0.05) is 19.5 Å². The number of hydrogen-bond acceptors (Lipinski definition) is 3. The fraction of sp³-hybridized carbons (Fsp3) is 0.467. The summed E-state index contributed by atoms with van der Waals surface area (Å²) in [6, 6.07) is 8.34. The van der Waals surface area contributed by atoms with Crippen molar-refractivity contribution in [3.63, 3.8) is 0 Å². The van der Waals surface area contributed by atoms with E-state index in [1.54, 1.807) is 0 Å². The number of aryl methyl sites for hydroxylation is 1. The van der Waals surface area contributed by atoms with Crippen molar-refractivity contribution >= 4 is 41.8 Å². The van der Waals surface area contributed by atoms with Crippen LogP contribution in [0.25, 0.3) is 11.0 Å². The number of imidazole rings is 1. The molecule has 1 aromatic carbocycles. The molecule has 2 N–H and O–H groups in total. The highest BCUT2D eigenvalue weighted by Crippen LogP contribution is 2.14. The molecule has 1 amide bonds. The summed E-state index contributed by atoms with van der Waals surface area (Å²) in [6.07, 6.45) is 2.83. The minimum Gasteiger partial charge on any atom is -0.349 e. The zero-order valence-electron chi connectivity index (χ0n) is 12.5. The first-order chi connectivity index (χ1) is 9.74. The molecule has 0 saturated carbocycles. The molecular weight excluding hydrogens is 323 g/mol.